The molecule has 3 aromatic carbocycles. The molecule has 0 saturated carbocycles. The van der Waals surface area contributed by atoms with Gasteiger partial charge in [0, 0.05) is 18.7 Å². The van der Waals surface area contributed by atoms with Gasteiger partial charge in [-0.3, -0.25) is 19.2 Å². The summed E-state index contributed by atoms with van der Waals surface area (Å²) < 4.78 is 10.7. The van der Waals surface area contributed by atoms with Gasteiger partial charge in [0.15, 0.2) is 0 Å². The molecule has 5 rings (SSSR count). The van der Waals surface area contributed by atoms with E-state index in [-0.39, 0.29) is 61.5 Å². The zero-order chi connectivity index (χ0) is 28.2. The Labute approximate surface area is 242 Å². The molecule has 0 unspecified atom stereocenters. The number of fused-ring (bicyclic) bond motifs is 1. The Hall–Kier alpha value is -3.30. The highest BCUT2D eigenvalue weighted by Crippen LogP contribution is 2.46. The molecular weight excluding hydrogens is 590 g/mol. The summed E-state index contributed by atoms with van der Waals surface area (Å²) in [6.45, 7) is 1.81. The zero-order valence-electron chi connectivity index (χ0n) is 20.4. The molecule has 1 saturated heterocycles. The van der Waals surface area contributed by atoms with Crippen LogP contribution in [0.5, 0.6) is 11.5 Å². The highest BCUT2D eigenvalue weighted by molar-refractivity contribution is 6.56. The summed E-state index contributed by atoms with van der Waals surface area (Å²) in [7, 11) is 1.55. The average molecular weight is 608 g/mol. The molecule has 8 nitrogen and oxygen atoms in total. The van der Waals surface area contributed by atoms with Crippen molar-refractivity contribution in [2.75, 3.05) is 23.5 Å². The topological polar surface area (TPSA) is 93.2 Å². The van der Waals surface area contributed by atoms with E-state index in [1.165, 1.54) is 23.1 Å². The Morgan fingerprint density at radius 2 is 1.41 bits per heavy atom. The van der Waals surface area contributed by atoms with E-state index in [0.29, 0.717) is 17.0 Å². The van der Waals surface area contributed by atoms with Gasteiger partial charge in [0.05, 0.1) is 49.9 Å². The molecule has 1 atom stereocenters. The molecule has 3 amide bonds. The first-order valence-corrected chi connectivity index (χ1v) is 13.1. The number of nitrogens with zero attached hydrogens (tertiary/aromatic N) is 2. The van der Waals surface area contributed by atoms with Gasteiger partial charge in [0.25, 0.3) is 11.8 Å². The molecule has 3 aromatic rings. The molecule has 2 heterocycles. The zero-order valence-corrected chi connectivity index (χ0v) is 23.4. The predicted molar refractivity (Wildman–Crippen MR) is 148 cm³/mol. The van der Waals surface area contributed by atoms with Crippen molar-refractivity contribution in [3.63, 3.8) is 0 Å². The summed E-state index contributed by atoms with van der Waals surface area (Å²) in [5.74, 6) is -2.02. The summed E-state index contributed by atoms with van der Waals surface area (Å²) in [5, 5.41) is -0.583. The van der Waals surface area contributed by atoms with E-state index in [1.807, 2.05) is 0 Å². The first-order valence-electron chi connectivity index (χ1n) is 11.5. The van der Waals surface area contributed by atoms with E-state index in [1.54, 1.807) is 38.3 Å². The number of esters is 1. The third kappa shape index (κ3) is 4.61. The standard InChI is InChI=1S/C27H18Cl4N2O6/c1-12-9-16(39-27(37)13-10-18(34)32(11-13)14-3-5-15(38-2)6-4-14)7-8-17(12)33-25(35)19-20(26(33)36)22(29)24(31)23(30)21(19)28/h3-9,13H,10-11H2,1-2H3/t13-/m0/s1. The first-order chi connectivity index (χ1) is 18.5. The number of amides is 3. The number of carbonyl (C=O) groups excluding carboxylic acids is 4. The first kappa shape index (κ1) is 27.3. The minimum atomic E-state index is -0.712. The van der Waals surface area contributed by atoms with Crippen molar-refractivity contribution in [3.05, 3.63) is 79.2 Å². The van der Waals surface area contributed by atoms with Crippen molar-refractivity contribution in [3.8, 4) is 11.5 Å². The second kappa shape index (κ2) is 10.4. The van der Waals surface area contributed by atoms with Gasteiger partial charge in [-0.1, -0.05) is 46.4 Å². The Balaban J connectivity index is 1.33. The lowest BCUT2D eigenvalue weighted by Crippen LogP contribution is -2.30. The summed E-state index contributed by atoms with van der Waals surface area (Å²) >= 11 is 24.6. The molecule has 0 bridgehead atoms. The fourth-order valence-electron chi connectivity index (χ4n) is 4.59. The van der Waals surface area contributed by atoms with E-state index < -0.39 is 23.7 Å². The van der Waals surface area contributed by atoms with E-state index in [4.69, 9.17) is 55.9 Å². The Morgan fingerprint density at radius 3 is 1.95 bits per heavy atom. The largest absolute Gasteiger partial charge is 0.497 e. The second-order valence-electron chi connectivity index (χ2n) is 8.92. The van der Waals surface area contributed by atoms with Crippen LogP contribution in [0.15, 0.2) is 42.5 Å². The number of hydrogen-bond acceptors (Lipinski definition) is 6. The SMILES string of the molecule is COc1ccc(N2C[C@@H](C(=O)Oc3ccc(N4C(=O)c5c(Cl)c(Cl)c(Cl)c(Cl)c5C4=O)c(C)c3)CC2=O)cc1. The molecule has 200 valence electrons. The summed E-state index contributed by atoms with van der Waals surface area (Å²) in [4.78, 5) is 54.3. The fourth-order valence-corrected chi connectivity index (χ4v) is 5.60. The van der Waals surface area contributed by atoms with E-state index in [0.717, 1.165) is 4.90 Å². The maximum absolute atomic E-state index is 13.2. The van der Waals surface area contributed by atoms with Crippen LogP contribution < -0.4 is 19.3 Å². The lowest BCUT2D eigenvalue weighted by molar-refractivity contribution is -0.139. The highest BCUT2D eigenvalue weighted by atomic mass is 35.5. The molecule has 0 N–H and O–H groups in total. The van der Waals surface area contributed by atoms with Crippen LogP contribution >= 0.6 is 46.4 Å². The highest BCUT2D eigenvalue weighted by Gasteiger charge is 2.43. The normalized spacial score (nSPS) is 16.7. The van der Waals surface area contributed by atoms with Crippen LogP contribution in [0.2, 0.25) is 20.1 Å². The van der Waals surface area contributed by atoms with Gasteiger partial charge in [0.2, 0.25) is 5.91 Å². The number of benzene rings is 3. The monoisotopic (exact) mass is 606 g/mol. The third-order valence-corrected chi connectivity index (χ3v) is 8.37. The molecule has 0 aliphatic carbocycles. The van der Waals surface area contributed by atoms with Gasteiger partial charge < -0.3 is 14.4 Å². The van der Waals surface area contributed by atoms with Crippen molar-refractivity contribution in [2.24, 2.45) is 5.92 Å². The van der Waals surface area contributed by atoms with Gasteiger partial charge in [-0.25, -0.2) is 4.90 Å². The van der Waals surface area contributed by atoms with Crippen LogP contribution in [0.1, 0.15) is 32.7 Å². The molecule has 1 fully saturated rings. The van der Waals surface area contributed by atoms with E-state index >= 15 is 0 Å². The number of methoxy groups -OCH3 is 1. The van der Waals surface area contributed by atoms with Crippen LogP contribution in [-0.4, -0.2) is 37.3 Å². The van der Waals surface area contributed by atoms with Crippen LogP contribution in [0, 0.1) is 12.8 Å². The van der Waals surface area contributed by atoms with Gasteiger partial charge in [-0.2, -0.15) is 0 Å². The van der Waals surface area contributed by atoms with Gasteiger partial charge in [-0.15, -0.1) is 0 Å². The van der Waals surface area contributed by atoms with Crippen LogP contribution in [0.3, 0.4) is 0 Å². The number of ether oxygens (including phenoxy) is 2. The summed E-state index contributed by atoms with van der Waals surface area (Å²) in [6.07, 6.45) is 0.00358. The smallest absolute Gasteiger partial charge is 0.316 e. The van der Waals surface area contributed by atoms with Gasteiger partial charge >= 0.3 is 5.97 Å². The van der Waals surface area contributed by atoms with Gasteiger partial charge in [0.1, 0.15) is 11.5 Å². The minimum Gasteiger partial charge on any atom is -0.497 e. The number of anilines is 2. The van der Waals surface area contributed by atoms with Crippen LogP contribution in [0.4, 0.5) is 11.4 Å². The Kier molecular flexibility index (Phi) is 7.24. The van der Waals surface area contributed by atoms with Gasteiger partial charge in [-0.05, 0) is 55.0 Å². The maximum Gasteiger partial charge on any atom is 0.316 e. The Bertz CT molecular complexity index is 1530. The second-order valence-corrected chi connectivity index (χ2v) is 10.4. The van der Waals surface area contributed by atoms with Crippen molar-refractivity contribution < 1.29 is 28.7 Å². The van der Waals surface area contributed by atoms with Crippen molar-refractivity contribution in [1.82, 2.24) is 0 Å². The average Bonchev–Trinajstić information content (AvgIpc) is 3.43. The summed E-state index contributed by atoms with van der Waals surface area (Å²) in [6, 6.07) is 11.4. The fraction of sp³-hybridized carbons (Fsp3) is 0.185. The number of hydrogen-bond donors (Lipinski definition) is 0. The lowest BCUT2D eigenvalue weighted by Gasteiger charge is -2.18. The van der Waals surface area contributed by atoms with Crippen LogP contribution in [-0.2, 0) is 9.59 Å². The van der Waals surface area contributed by atoms with E-state index in [2.05, 4.69) is 0 Å². The molecule has 39 heavy (non-hydrogen) atoms. The van der Waals surface area contributed by atoms with Crippen molar-refractivity contribution in [2.45, 2.75) is 13.3 Å². The maximum atomic E-state index is 13.2. The van der Waals surface area contributed by atoms with Crippen molar-refractivity contribution >= 4 is 81.5 Å². The third-order valence-electron chi connectivity index (χ3n) is 6.57. The van der Waals surface area contributed by atoms with Crippen LogP contribution in [0.25, 0.3) is 0 Å². The number of halogens is 4. The van der Waals surface area contributed by atoms with E-state index in [9.17, 15) is 19.2 Å². The quantitative estimate of drug-likeness (QED) is 0.110. The lowest BCUT2D eigenvalue weighted by atomic mass is 10.1. The van der Waals surface area contributed by atoms with Crippen molar-refractivity contribution in [1.29, 1.82) is 0 Å². The molecule has 2 aliphatic rings. The Morgan fingerprint density at radius 1 is 0.846 bits per heavy atom. The molecule has 12 heteroatoms. The number of aryl methyl sites for hydroxylation is 1. The number of imide groups is 1. The minimum absolute atomic E-state index is 0.00358. The number of carbonyl (C=O) groups is 4. The molecule has 0 radical (unpaired) electrons. The number of rotatable bonds is 5. The molecule has 2 aliphatic heterocycles. The summed E-state index contributed by atoms with van der Waals surface area (Å²) in [5.41, 5.74) is 1.08. The molecular formula is C27H18Cl4N2O6. The molecule has 0 aromatic heterocycles. The molecule has 0 spiro atoms. The predicted octanol–water partition coefficient (Wildman–Crippen LogP) is 6.38.